The molecule has 1 aromatic heterocycles. The Kier molecular flexibility index (Phi) is 4.74. The van der Waals surface area contributed by atoms with E-state index in [1.807, 2.05) is 24.8 Å². The van der Waals surface area contributed by atoms with Gasteiger partial charge in [-0.1, -0.05) is 12.2 Å². The van der Waals surface area contributed by atoms with E-state index in [0.29, 0.717) is 19.8 Å². The SMILES string of the molecule is CNC(=O)C1COCCN1c1cc(C)nc(C)c1C(N)=S. The first kappa shape index (κ1) is 15.7. The number of carbonyl (C=O) groups excluding carboxylic acids is 1. The van der Waals surface area contributed by atoms with E-state index in [1.54, 1.807) is 7.05 Å². The van der Waals surface area contributed by atoms with Crippen LogP contribution in [0.25, 0.3) is 0 Å². The summed E-state index contributed by atoms with van der Waals surface area (Å²) in [4.78, 5) is 18.8. The summed E-state index contributed by atoms with van der Waals surface area (Å²) in [6, 6.07) is 1.53. The van der Waals surface area contributed by atoms with Crippen LogP contribution in [-0.2, 0) is 9.53 Å². The molecule has 0 bridgehead atoms. The molecule has 114 valence electrons. The van der Waals surface area contributed by atoms with Gasteiger partial charge in [-0.25, -0.2) is 0 Å². The first-order valence-electron chi connectivity index (χ1n) is 6.79. The highest BCUT2D eigenvalue weighted by Crippen LogP contribution is 2.27. The second kappa shape index (κ2) is 6.36. The van der Waals surface area contributed by atoms with Crippen molar-refractivity contribution in [3.05, 3.63) is 23.0 Å². The van der Waals surface area contributed by atoms with Gasteiger partial charge in [0.15, 0.2) is 0 Å². The lowest BCUT2D eigenvalue weighted by Crippen LogP contribution is -2.54. The molecule has 7 heteroatoms. The number of amides is 1. The maximum absolute atomic E-state index is 12.1. The van der Waals surface area contributed by atoms with Gasteiger partial charge in [0.2, 0.25) is 5.91 Å². The maximum atomic E-state index is 12.1. The highest BCUT2D eigenvalue weighted by molar-refractivity contribution is 7.80. The quantitative estimate of drug-likeness (QED) is 0.781. The van der Waals surface area contributed by atoms with Crippen LogP contribution in [0.2, 0.25) is 0 Å². The summed E-state index contributed by atoms with van der Waals surface area (Å²) >= 11 is 5.16. The number of rotatable bonds is 3. The minimum absolute atomic E-state index is 0.0873. The lowest BCUT2D eigenvalue weighted by Gasteiger charge is -2.37. The van der Waals surface area contributed by atoms with Crippen LogP contribution in [0.4, 0.5) is 5.69 Å². The third-order valence-electron chi connectivity index (χ3n) is 3.54. The zero-order valence-electron chi connectivity index (χ0n) is 12.5. The summed E-state index contributed by atoms with van der Waals surface area (Å²) < 4.78 is 5.44. The first-order valence-corrected chi connectivity index (χ1v) is 7.20. The van der Waals surface area contributed by atoms with E-state index in [2.05, 4.69) is 10.3 Å². The summed E-state index contributed by atoms with van der Waals surface area (Å²) in [7, 11) is 1.62. The highest BCUT2D eigenvalue weighted by Gasteiger charge is 2.31. The van der Waals surface area contributed by atoms with Crippen molar-refractivity contribution >= 4 is 28.8 Å². The van der Waals surface area contributed by atoms with Crippen molar-refractivity contribution in [3.8, 4) is 0 Å². The van der Waals surface area contributed by atoms with Gasteiger partial charge in [0.25, 0.3) is 0 Å². The first-order chi connectivity index (χ1) is 9.95. The lowest BCUT2D eigenvalue weighted by molar-refractivity contribution is -0.124. The molecule has 0 aliphatic carbocycles. The van der Waals surface area contributed by atoms with Gasteiger partial charge in [-0.2, -0.15) is 0 Å². The lowest BCUT2D eigenvalue weighted by atomic mass is 10.1. The van der Waals surface area contributed by atoms with Gasteiger partial charge in [0, 0.05) is 25.0 Å². The van der Waals surface area contributed by atoms with Crippen LogP contribution in [0.15, 0.2) is 6.07 Å². The van der Waals surface area contributed by atoms with Crippen molar-refractivity contribution in [1.29, 1.82) is 0 Å². The van der Waals surface area contributed by atoms with Crippen LogP contribution >= 0.6 is 12.2 Å². The summed E-state index contributed by atoms with van der Waals surface area (Å²) in [5.74, 6) is -0.0873. The summed E-state index contributed by atoms with van der Waals surface area (Å²) in [5.41, 5.74) is 9.08. The number of nitrogens with one attached hydrogen (secondary N) is 1. The van der Waals surface area contributed by atoms with Crippen molar-refractivity contribution in [3.63, 3.8) is 0 Å². The molecule has 1 atom stereocenters. The molecule has 1 saturated heterocycles. The van der Waals surface area contributed by atoms with E-state index >= 15 is 0 Å². The molecule has 2 rings (SSSR count). The molecule has 3 N–H and O–H groups in total. The van der Waals surface area contributed by atoms with Crippen LogP contribution in [0.1, 0.15) is 17.0 Å². The van der Waals surface area contributed by atoms with Gasteiger partial charge in [-0.05, 0) is 19.9 Å². The summed E-state index contributed by atoms with van der Waals surface area (Å²) in [6.07, 6.45) is 0. The molecule has 0 aromatic carbocycles. The number of anilines is 1. The fourth-order valence-corrected chi connectivity index (χ4v) is 2.87. The van der Waals surface area contributed by atoms with Crippen LogP contribution in [0, 0.1) is 13.8 Å². The Labute approximate surface area is 129 Å². The molecule has 1 unspecified atom stereocenters. The Morgan fingerprint density at radius 3 is 2.90 bits per heavy atom. The number of hydrogen-bond acceptors (Lipinski definition) is 5. The Bertz CT molecular complexity index is 576. The van der Waals surface area contributed by atoms with Gasteiger partial charge in [0.1, 0.15) is 11.0 Å². The molecule has 6 nitrogen and oxygen atoms in total. The van der Waals surface area contributed by atoms with E-state index in [0.717, 1.165) is 22.6 Å². The summed E-state index contributed by atoms with van der Waals surface area (Å²) in [5, 5.41) is 2.67. The van der Waals surface area contributed by atoms with Crippen LogP contribution in [-0.4, -0.2) is 48.7 Å². The number of nitrogens with two attached hydrogens (primary N) is 1. The zero-order chi connectivity index (χ0) is 15.6. The van der Waals surface area contributed by atoms with Gasteiger partial charge in [-0.3, -0.25) is 9.78 Å². The zero-order valence-corrected chi connectivity index (χ0v) is 13.3. The minimum atomic E-state index is -0.391. The maximum Gasteiger partial charge on any atom is 0.244 e. The monoisotopic (exact) mass is 308 g/mol. The van der Waals surface area contributed by atoms with E-state index in [4.69, 9.17) is 22.7 Å². The Morgan fingerprint density at radius 1 is 1.57 bits per heavy atom. The summed E-state index contributed by atoms with van der Waals surface area (Å²) in [6.45, 7) is 5.30. The number of ether oxygens (including phenoxy) is 1. The smallest absolute Gasteiger partial charge is 0.244 e. The number of carbonyl (C=O) groups is 1. The second-order valence-electron chi connectivity index (χ2n) is 5.01. The molecule has 1 fully saturated rings. The molecule has 21 heavy (non-hydrogen) atoms. The predicted molar refractivity (Wildman–Crippen MR) is 85.6 cm³/mol. The van der Waals surface area contributed by atoms with Crippen LogP contribution < -0.4 is 16.0 Å². The molecule has 1 amide bonds. The van der Waals surface area contributed by atoms with Crippen LogP contribution in [0.3, 0.4) is 0 Å². The Balaban J connectivity index is 2.52. The molecule has 1 aliphatic heterocycles. The average Bonchev–Trinajstić information content (AvgIpc) is 2.45. The number of pyridine rings is 1. The number of hydrogen-bond donors (Lipinski definition) is 2. The molecule has 0 spiro atoms. The van der Waals surface area contributed by atoms with Crippen molar-refractivity contribution in [2.75, 3.05) is 31.7 Å². The van der Waals surface area contributed by atoms with Crippen molar-refractivity contribution in [2.24, 2.45) is 5.73 Å². The predicted octanol–water partition coefficient (Wildman–Crippen LogP) is 0.284. The fourth-order valence-electron chi connectivity index (χ4n) is 2.61. The van der Waals surface area contributed by atoms with Crippen molar-refractivity contribution < 1.29 is 9.53 Å². The Hall–Kier alpha value is -1.73. The largest absolute Gasteiger partial charge is 0.389 e. The van der Waals surface area contributed by atoms with E-state index in [1.165, 1.54) is 0 Å². The third kappa shape index (κ3) is 3.14. The number of aryl methyl sites for hydroxylation is 2. The van der Waals surface area contributed by atoms with Crippen molar-refractivity contribution in [2.45, 2.75) is 19.9 Å². The normalized spacial score (nSPS) is 18.4. The van der Waals surface area contributed by atoms with E-state index in [-0.39, 0.29) is 10.9 Å². The number of aromatic nitrogens is 1. The number of nitrogens with zero attached hydrogens (tertiary/aromatic N) is 2. The van der Waals surface area contributed by atoms with Gasteiger partial charge in [-0.15, -0.1) is 0 Å². The van der Waals surface area contributed by atoms with Gasteiger partial charge >= 0.3 is 0 Å². The highest BCUT2D eigenvalue weighted by atomic mass is 32.1. The van der Waals surface area contributed by atoms with Crippen LogP contribution in [0.5, 0.6) is 0 Å². The van der Waals surface area contributed by atoms with Gasteiger partial charge < -0.3 is 20.7 Å². The van der Waals surface area contributed by atoms with E-state index in [9.17, 15) is 4.79 Å². The van der Waals surface area contributed by atoms with Gasteiger partial charge in [0.05, 0.1) is 24.5 Å². The Morgan fingerprint density at radius 2 is 2.29 bits per heavy atom. The standard InChI is InChI=1S/C14H20N4O2S/c1-8-6-10(12(13(15)21)9(2)17-8)18-4-5-20-7-11(18)14(19)16-3/h6,11H,4-5,7H2,1-3H3,(H2,15,21)(H,16,19). The van der Waals surface area contributed by atoms with E-state index < -0.39 is 6.04 Å². The molecule has 0 saturated carbocycles. The molecular formula is C14H20N4O2S. The second-order valence-corrected chi connectivity index (χ2v) is 5.45. The molecule has 0 radical (unpaired) electrons. The molecule has 1 aliphatic rings. The molecule has 2 heterocycles. The molecule has 1 aromatic rings. The third-order valence-corrected chi connectivity index (χ3v) is 3.75. The van der Waals surface area contributed by atoms with Crippen molar-refractivity contribution in [1.82, 2.24) is 10.3 Å². The number of thiocarbonyl (C=S) groups is 1. The number of morpholine rings is 1. The minimum Gasteiger partial charge on any atom is -0.389 e. The average molecular weight is 308 g/mol. The number of likely N-dealkylation sites (N-methyl/N-ethyl adjacent to an activating group) is 1. The molecular weight excluding hydrogens is 288 g/mol. The fraction of sp³-hybridized carbons (Fsp3) is 0.500. The topological polar surface area (TPSA) is 80.5 Å².